The molecule has 142 valence electrons. The largest absolute Gasteiger partial charge is 0.465 e. The molecule has 0 heterocycles. The quantitative estimate of drug-likeness (QED) is 0.232. The fourth-order valence-electron chi connectivity index (χ4n) is 2.11. The predicted molar refractivity (Wildman–Crippen MR) is 92.8 cm³/mol. The van der Waals surface area contributed by atoms with Gasteiger partial charge in [0.15, 0.2) is 8.32 Å². The molecule has 0 bridgehead atoms. The molecule has 0 aliphatic heterocycles. The summed E-state index contributed by atoms with van der Waals surface area (Å²) in [6.07, 6.45) is 1.91. The highest BCUT2D eigenvalue weighted by Gasteiger charge is 2.42. The van der Waals surface area contributed by atoms with Gasteiger partial charge in [0, 0.05) is 19.4 Å². The number of methoxy groups -OCH3 is 1. The number of rotatable bonds is 11. The van der Waals surface area contributed by atoms with Crippen LogP contribution in [0.15, 0.2) is 0 Å². The van der Waals surface area contributed by atoms with Crippen molar-refractivity contribution >= 4 is 20.6 Å². The molecule has 0 amide bonds. The van der Waals surface area contributed by atoms with E-state index in [2.05, 4.69) is 38.6 Å². The maximum atomic E-state index is 13.6. The lowest BCUT2D eigenvalue weighted by atomic mass is 9.92. The monoisotopic (exact) mass is 366 g/mol. The van der Waals surface area contributed by atoms with Crippen LogP contribution < -0.4 is 0 Å². The molecular formula is C17H32F2O4Si. The van der Waals surface area contributed by atoms with Crippen LogP contribution in [0.1, 0.15) is 52.9 Å². The van der Waals surface area contributed by atoms with Gasteiger partial charge in [-0.25, -0.2) is 4.79 Å². The van der Waals surface area contributed by atoms with Crippen LogP contribution in [0.4, 0.5) is 8.78 Å². The summed E-state index contributed by atoms with van der Waals surface area (Å²) in [6.45, 7) is 11.4. The van der Waals surface area contributed by atoms with Crippen molar-refractivity contribution in [2.45, 2.75) is 76.9 Å². The molecule has 1 atom stereocenters. The van der Waals surface area contributed by atoms with E-state index in [1.807, 2.05) is 0 Å². The zero-order valence-electron chi connectivity index (χ0n) is 15.8. The first-order chi connectivity index (χ1) is 10.9. The van der Waals surface area contributed by atoms with Crippen molar-refractivity contribution < 1.29 is 27.5 Å². The first kappa shape index (κ1) is 23.2. The lowest BCUT2D eigenvalue weighted by Gasteiger charge is -2.36. The van der Waals surface area contributed by atoms with E-state index in [4.69, 9.17) is 4.43 Å². The van der Waals surface area contributed by atoms with E-state index in [0.29, 0.717) is 25.7 Å². The third-order valence-electron chi connectivity index (χ3n) is 4.73. The molecule has 1 unspecified atom stereocenters. The molecule has 0 N–H and O–H groups in total. The molecule has 0 aromatic carbocycles. The van der Waals surface area contributed by atoms with Crippen LogP contribution in [0.2, 0.25) is 18.1 Å². The zero-order valence-corrected chi connectivity index (χ0v) is 16.8. The topological polar surface area (TPSA) is 52.6 Å². The Bertz CT molecular complexity index is 406. The predicted octanol–water partition coefficient (Wildman–Crippen LogP) is 4.58. The molecular weight excluding hydrogens is 334 g/mol. The van der Waals surface area contributed by atoms with Crippen LogP contribution >= 0.6 is 0 Å². The molecule has 0 aromatic heterocycles. The van der Waals surface area contributed by atoms with Crippen molar-refractivity contribution in [3.8, 4) is 0 Å². The molecule has 0 aromatic rings. The SMILES string of the molecule is COC(=O)C(F)(F)CC(CC=O)CCCCO[Si](C)(C)C(C)(C)C. The summed E-state index contributed by atoms with van der Waals surface area (Å²) >= 11 is 0. The summed E-state index contributed by atoms with van der Waals surface area (Å²) in [5, 5.41) is 0.135. The lowest BCUT2D eigenvalue weighted by Crippen LogP contribution is -2.40. The molecule has 0 radical (unpaired) electrons. The number of carbonyl (C=O) groups is 2. The minimum Gasteiger partial charge on any atom is -0.465 e. The van der Waals surface area contributed by atoms with Crippen molar-refractivity contribution in [2.75, 3.05) is 13.7 Å². The van der Waals surface area contributed by atoms with Crippen molar-refractivity contribution in [3.63, 3.8) is 0 Å². The van der Waals surface area contributed by atoms with Crippen molar-refractivity contribution in [3.05, 3.63) is 0 Å². The second-order valence-corrected chi connectivity index (χ2v) is 12.6. The van der Waals surface area contributed by atoms with E-state index in [0.717, 1.165) is 13.5 Å². The average Bonchev–Trinajstić information content (AvgIpc) is 2.44. The van der Waals surface area contributed by atoms with Crippen LogP contribution in [-0.4, -0.2) is 40.2 Å². The van der Waals surface area contributed by atoms with Gasteiger partial charge in [0.05, 0.1) is 7.11 Å². The summed E-state index contributed by atoms with van der Waals surface area (Å²) in [4.78, 5) is 21.8. The lowest BCUT2D eigenvalue weighted by molar-refractivity contribution is -0.171. The van der Waals surface area contributed by atoms with Crippen LogP contribution in [-0.2, 0) is 18.8 Å². The minimum absolute atomic E-state index is 0.0235. The minimum atomic E-state index is -3.54. The Morgan fingerprint density at radius 3 is 2.25 bits per heavy atom. The number of carbonyl (C=O) groups excluding carboxylic acids is 2. The molecule has 0 saturated carbocycles. The maximum Gasteiger partial charge on any atom is 0.376 e. The highest BCUT2D eigenvalue weighted by Crippen LogP contribution is 2.36. The van der Waals surface area contributed by atoms with Gasteiger partial charge in [-0.3, -0.25) is 0 Å². The van der Waals surface area contributed by atoms with Gasteiger partial charge in [-0.1, -0.05) is 27.2 Å². The van der Waals surface area contributed by atoms with Gasteiger partial charge < -0.3 is 14.0 Å². The molecule has 7 heteroatoms. The molecule has 4 nitrogen and oxygen atoms in total. The van der Waals surface area contributed by atoms with Crippen LogP contribution in [0, 0.1) is 5.92 Å². The van der Waals surface area contributed by atoms with Gasteiger partial charge in [-0.2, -0.15) is 8.78 Å². The van der Waals surface area contributed by atoms with Gasteiger partial charge in [0.2, 0.25) is 0 Å². The fraction of sp³-hybridized carbons (Fsp3) is 0.882. The number of aldehydes is 1. The first-order valence-corrected chi connectivity index (χ1v) is 11.3. The number of halogens is 2. The van der Waals surface area contributed by atoms with E-state index >= 15 is 0 Å². The second kappa shape index (κ2) is 9.61. The van der Waals surface area contributed by atoms with Gasteiger partial charge >= 0.3 is 11.9 Å². The Balaban J connectivity index is 4.33. The standard InChI is InChI=1S/C17H32F2O4Si/c1-16(2,3)24(5,6)23-12-8-7-9-14(10-11-20)13-17(18,19)15(21)22-4/h11,14H,7-10,12-13H2,1-6H3. The molecule has 0 aliphatic carbocycles. The van der Waals surface area contributed by atoms with Crippen LogP contribution in [0.5, 0.6) is 0 Å². The van der Waals surface area contributed by atoms with Crippen molar-refractivity contribution in [2.24, 2.45) is 5.92 Å². The van der Waals surface area contributed by atoms with Crippen LogP contribution in [0.3, 0.4) is 0 Å². The highest BCUT2D eigenvalue weighted by atomic mass is 28.4. The molecule has 0 rings (SSSR count). The third-order valence-corrected chi connectivity index (χ3v) is 9.27. The summed E-state index contributed by atoms with van der Waals surface area (Å²) in [5.41, 5.74) is 0. The average molecular weight is 367 g/mol. The summed E-state index contributed by atoms with van der Waals surface area (Å²) in [6, 6.07) is 0. The molecule has 0 saturated heterocycles. The first-order valence-electron chi connectivity index (χ1n) is 8.41. The van der Waals surface area contributed by atoms with E-state index in [9.17, 15) is 18.4 Å². The Labute approximate surface area is 145 Å². The number of hydrogen-bond acceptors (Lipinski definition) is 4. The maximum absolute atomic E-state index is 13.6. The summed E-state index contributed by atoms with van der Waals surface area (Å²) in [5.74, 6) is -5.61. The number of unbranched alkanes of at least 4 members (excludes halogenated alkanes) is 1. The number of ether oxygens (including phenoxy) is 1. The molecule has 0 fully saturated rings. The molecule has 0 spiro atoms. The fourth-order valence-corrected chi connectivity index (χ4v) is 3.20. The zero-order chi connectivity index (χ0) is 19.0. The van der Waals surface area contributed by atoms with E-state index in [1.165, 1.54) is 0 Å². The Morgan fingerprint density at radius 1 is 1.21 bits per heavy atom. The Hall–Kier alpha value is -0.823. The number of hydrogen-bond donors (Lipinski definition) is 0. The summed E-state index contributed by atoms with van der Waals surface area (Å²) in [7, 11) is -0.859. The molecule has 0 aliphatic rings. The van der Waals surface area contributed by atoms with Crippen molar-refractivity contribution in [1.29, 1.82) is 0 Å². The van der Waals surface area contributed by atoms with E-state index in [-0.39, 0.29) is 11.5 Å². The van der Waals surface area contributed by atoms with Crippen LogP contribution in [0.25, 0.3) is 0 Å². The van der Waals surface area contributed by atoms with E-state index < -0.39 is 32.5 Å². The van der Waals surface area contributed by atoms with Crippen molar-refractivity contribution in [1.82, 2.24) is 0 Å². The normalized spacial score (nSPS) is 14.3. The Morgan fingerprint density at radius 2 is 1.79 bits per heavy atom. The van der Waals surface area contributed by atoms with Gasteiger partial charge in [0.25, 0.3) is 0 Å². The van der Waals surface area contributed by atoms with Gasteiger partial charge in [0.1, 0.15) is 6.29 Å². The Kier molecular flexibility index (Phi) is 9.28. The second-order valence-electron chi connectivity index (χ2n) is 7.77. The number of esters is 1. The van der Waals surface area contributed by atoms with Gasteiger partial charge in [-0.15, -0.1) is 0 Å². The van der Waals surface area contributed by atoms with E-state index in [1.54, 1.807) is 0 Å². The highest BCUT2D eigenvalue weighted by molar-refractivity contribution is 6.74. The number of alkyl halides is 2. The summed E-state index contributed by atoms with van der Waals surface area (Å²) < 4.78 is 37.4. The molecule has 24 heavy (non-hydrogen) atoms. The van der Waals surface area contributed by atoms with Gasteiger partial charge in [-0.05, 0) is 36.9 Å². The third kappa shape index (κ3) is 7.83. The smallest absolute Gasteiger partial charge is 0.376 e.